The van der Waals surface area contributed by atoms with E-state index in [1.54, 1.807) is 24.3 Å². The van der Waals surface area contributed by atoms with Gasteiger partial charge in [-0.2, -0.15) is 4.98 Å². The van der Waals surface area contributed by atoms with Crippen molar-refractivity contribution in [2.45, 2.75) is 24.9 Å². The highest BCUT2D eigenvalue weighted by Crippen LogP contribution is 2.25. The molecule has 112 valence electrons. The van der Waals surface area contributed by atoms with Gasteiger partial charge in [0.15, 0.2) is 5.82 Å². The fraction of sp³-hybridized carbons (Fsp3) is 0.357. The van der Waals surface area contributed by atoms with Crippen LogP contribution >= 0.6 is 23.4 Å². The number of carboxylic acid groups (broad SMARTS) is 1. The Morgan fingerprint density at radius 2 is 2.05 bits per heavy atom. The van der Waals surface area contributed by atoms with Gasteiger partial charge < -0.3 is 9.63 Å². The number of thioether (sulfide) groups is 1. The topological polar surface area (TPSA) is 76.2 Å². The van der Waals surface area contributed by atoms with E-state index in [1.165, 1.54) is 11.8 Å². The van der Waals surface area contributed by atoms with Gasteiger partial charge in [-0.25, -0.2) is 0 Å². The zero-order valence-corrected chi connectivity index (χ0v) is 13.2. The second-order valence-corrected chi connectivity index (χ2v) is 6.40. The lowest BCUT2D eigenvalue weighted by molar-refractivity contribution is -0.137. The Labute approximate surface area is 131 Å². The van der Waals surface area contributed by atoms with Crippen LogP contribution in [0.3, 0.4) is 0 Å². The van der Waals surface area contributed by atoms with Crippen molar-refractivity contribution in [3.63, 3.8) is 0 Å². The van der Waals surface area contributed by atoms with Crippen molar-refractivity contribution in [3.05, 3.63) is 35.1 Å². The largest absolute Gasteiger partial charge is 0.480 e. The van der Waals surface area contributed by atoms with Crippen LogP contribution in [-0.2, 0) is 10.5 Å². The maximum atomic E-state index is 11.1. The molecule has 0 aliphatic carbocycles. The zero-order valence-electron chi connectivity index (χ0n) is 11.6. The normalized spacial score (nSPS) is 12.6. The van der Waals surface area contributed by atoms with E-state index in [2.05, 4.69) is 10.1 Å². The van der Waals surface area contributed by atoms with Crippen LogP contribution in [0.4, 0.5) is 0 Å². The molecular weight excluding hydrogens is 312 g/mol. The molecule has 1 N–H and O–H groups in total. The first-order valence-electron chi connectivity index (χ1n) is 6.40. The molecule has 1 aromatic carbocycles. The molecule has 1 aromatic heterocycles. The number of rotatable bonds is 6. The molecule has 21 heavy (non-hydrogen) atoms. The number of aliphatic carboxylic acids is 1. The molecule has 0 saturated carbocycles. The van der Waals surface area contributed by atoms with Gasteiger partial charge in [0.1, 0.15) is 5.25 Å². The summed E-state index contributed by atoms with van der Waals surface area (Å²) in [5, 5.41) is 13.2. The zero-order chi connectivity index (χ0) is 15.4. The standard InChI is InChI=1S/C14H15ClN2O3S/c1-8(2)12(14(18)19)21-7-11-16-13(20-17-11)9-3-5-10(15)6-4-9/h3-6,8,12H,7H2,1-2H3,(H,18,19). The van der Waals surface area contributed by atoms with E-state index in [-0.39, 0.29) is 5.92 Å². The number of hydrogen-bond acceptors (Lipinski definition) is 5. The summed E-state index contributed by atoms with van der Waals surface area (Å²) >= 11 is 7.12. The lowest BCUT2D eigenvalue weighted by Crippen LogP contribution is -2.22. The van der Waals surface area contributed by atoms with E-state index in [1.807, 2.05) is 13.8 Å². The molecule has 0 spiro atoms. The maximum absolute atomic E-state index is 11.1. The number of benzene rings is 1. The summed E-state index contributed by atoms with van der Waals surface area (Å²) in [6.45, 7) is 3.75. The smallest absolute Gasteiger partial charge is 0.316 e. The van der Waals surface area contributed by atoms with Crippen molar-refractivity contribution in [1.82, 2.24) is 10.1 Å². The minimum absolute atomic E-state index is 0.0372. The van der Waals surface area contributed by atoms with Crippen LogP contribution < -0.4 is 0 Å². The van der Waals surface area contributed by atoms with Gasteiger partial charge in [-0.1, -0.05) is 30.6 Å². The highest BCUT2D eigenvalue weighted by Gasteiger charge is 2.22. The number of hydrogen-bond donors (Lipinski definition) is 1. The molecule has 0 bridgehead atoms. The molecule has 2 aromatic rings. The van der Waals surface area contributed by atoms with Crippen molar-refractivity contribution in [1.29, 1.82) is 0 Å². The Morgan fingerprint density at radius 1 is 1.38 bits per heavy atom. The molecule has 7 heteroatoms. The summed E-state index contributed by atoms with van der Waals surface area (Å²) in [7, 11) is 0. The van der Waals surface area contributed by atoms with Crippen LogP contribution in [0.2, 0.25) is 5.02 Å². The van der Waals surface area contributed by atoms with E-state index in [0.29, 0.717) is 22.5 Å². The summed E-state index contributed by atoms with van der Waals surface area (Å²) in [5.41, 5.74) is 0.779. The lowest BCUT2D eigenvalue weighted by atomic mass is 10.1. The predicted octanol–water partition coefficient (Wildman–Crippen LogP) is 3.73. The molecule has 1 atom stereocenters. The minimum Gasteiger partial charge on any atom is -0.480 e. The molecule has 1 heterocycles. The molecule has 2 rings (SSSR count). The van der Waals surface area contributed by atoms with Crippen molar-refractivity contribution in [2.75, 3.05) is 0 Å². The number of halogens is 1. The highest BCUT2D eigenvalue weighted by molar-refractivity contribution is 7.99. The van der Waals surface area contributed by atoms with Gasteiger partial charge in [0, 0.05) is 10.6 Å². The van der Waals surface area contributed by atoms with Gasteiger partial charge in [0.05, 0.1) is 5.75 Å². The SMILES string of the molecule is CC(C)C(SCc1noc(-c2ccc(Cl)cc2)n1)C(=O)O. The number of nitrogens with zero attached hydrogens (tertiary/aromatic N) is 2. The number of aromatic nitrogens is 2. The average molecular weight is 327 g/mol. The molecule has 0 aliphatic rings. The fourth-order valence-electron chi connectivity index (χ4n) is 1.74. The second kappa shape index (κ2) is 6.95. The van der Waals surface area contributed by atoms with E-state index < -0.39 is 11.2 Å². The van der Waals surface area contributed by atoms with Crippen molar-refractivity contribution < 1.29 is 14.4 Å². The maximum Gasteiger partial charge on any atom is 0.316 e. The Kier molecular flexibility index (Phi) is 5.25. The summed E-state index contributed by atoms with van der Waals surface area (Å²) in [6, 6.07) is 7.07. The van der Waals surface area contributed by atoms with E-state index in [9.17, 15) is 4.79 Å². The summed E-state index contributed by atoms with van der Waals surface area (Å²) in [4.78, 5) is 15.4. The number of carbonyl (C=O) groups is 1. The van der Waals surface area contributed by atoms with Gasteiger partial charge in [-0.05, 0) is 30.2 Å². The second-order valence-electron chi connectivity index (χ2n) is 4.84. The Balaban J connectivity index is 2.03. The predicted molar refractivity (Wildman–Crippen MR) is 82.3 cm³/mol. The summed E-state index contributed by atoms with van der Waals surface area (Å²) < 4.78 is 5.18. The Bertz CT molecular complexity index is 613. The number of carboxylic acids is 1. The average Bonchev–Trinajstić information content (AvgIpc) is 2.87. The van der Waals surface area contributed by atoms with Crippen molar-refractivity contribution in [2.24, 2.45) is 5.92 Å². The van der Waals surface area contributed by atoms with Gasteiger partial charge in [0.25, 0.3) is 5.89 Å². The molecule has 0 aliphatic heterocycles. The first-order valence-corrected chi connectivity index (χ1v) is 7.83. The van der Waals surface area contributed by atoms with Crippen LogP contribution in [0.5, 0.6) is 0 Å². The quantitative estimate of drug-likeness (QED) is 0.871. The molecule has 0 amide bonds. The van der Waals surface area contributed by atoms with Gasteiger partial charge in [-0.3, -0.25) is 4.79 Å². The lowest BCUT2D eigenvalue weighted by Gasteiger charge is -2.14. The summed E-state index contributed by atoms with van der Waals surface area (Å²) in [5.74, 6) is 0.494. The molecule has 5 nitrogen and oxygen atoms in total. The third-order valence-electron chi connectivity index (χ3n) is 2.80. The van der Waals surface area contributed by atoms with Crippen LogP contribution in [0.1, 0.15) is 19.7 Å². The summed E-state index contributed by atoms with van der Waals surface area (Å²) in [6.07, 6.45) is 0. The first kappa shape index (κ1) is 15.9. The minimum atomic E-state index is -0.823. The third-order valence-corrected chi connectivity index (χ3v) is 4.58. The van der Waals surface area contributed by atoms with E-state index in [4.69, 9.17) is 21.2 Å². The van der Waals surface area contributed by atoms with Gasteiger partial charge >= 0.3 is 5.97 Å². The molecular formula is C14H15ClN2O3S. The van der Waals surface area contributed by atoms with Crippen LogP contribution in [0, 0.1) is 5.92 Å². The van der Waals surface area contributed by atoms with Gasteiger partial charge in [0.2, 0.25) is 0 Å². The first-order chi connectivity index (χ1) is 9.97. The van der Waals surface area contributed by atoms with Crippen molar-refractivity contribution in [3.8, 4) is 11.5 Å². The molecule has 0 radical (unpaired) electrons. The van der Waals surface area contributed by atoms with Gasteiger partial charge in [-0.15, -0.1) is 11.8 Å². The fourth-order valence-corrected chi connectivity index (χ4v) is 2.83. The van der Waals surface area contributed by atoms with Crippen LogP contribution in [-0.4, -0.2) is 26.5 Å². The molecule has 0 fully saturated rings. The Hall–Kier alpha value is -1.53. The van der Waals surface area contributed by atoms with E-state index >= 15 is 0 Å². The molecule has 1 unspecified atom stereocenters. The van der Waals surface area contributed by atoms with Crippen LogP contribution in [0.25, 0.3) is 11.5 Å². The third kappa shape index (κ3) is 4.22. The van der Waals surface area contributed by atoms with E-state index in [0.717, 1.165) is 5.56 Å². The Morgan fingerprint density at radius 3 is 2.62 bits per heavy atom. The monoisotopic (exact) mass is 326 g/mol. The van der Waals surface area contributed by atoms with Crippen molar-refractivity contribution >= 4 is 29.3 Å². The highest BCUT2D eigenvalue weighted by atomic mass is 35.5. The molecule has 0 saturated heterocycles. The van der Waals surface area contributed by atoms with Crippen LogP contribution in [0.15, 0.2) is 28.8 Å².